The third kappa shape index (κ3) is 3.03. The second kappa shape index (κ2) is 7.62. The van der Waals surface area contributed by atoms with Crippen LogP contribution in [0.4, 0.5) is 0 Å². The highest BCUT2D eigenvalue weighted by Gasteiger charge is 2.69. The van der Waals surface area contributed by atoms with E-state index in [9.17, 15) is 9.90 Å². The predicted molar refractivity (Wildman–Crippen MR) is 159 cm³/mol. The van der Waals surface area contributed by atoms with Crippen molar-refractivity contribution in [2.24, 2.45) is 44.8 Å². The number of benzene rings is 1. The molecular formula is C36H49NO2. The number of carbonyl (C=O) groups is 1. The molecule has 0 saturated heterocycles. The molecule has 3 unspecified atom stereocenters. The molecule has 39 heavy (non-hydrogen) atoms. The molecule has 2 aromatic rings. The Bertz CT molecular complexity index is 1410. The van der Waals surface area contributed by atoms with E-state index in [2.05, 4.69) is 83.8 Å². The number of hydrogen-bond donors (Lipinski definition) is 2. The summed E-state index contributed by atoms with van der Waals surface area (Å²) in [4.78, 5) is 16.8. The maximum atomic E-state index is 12.9. The molecule has 7 atom stereocenters. The average molecular weight is 528 g/mol. The van der Waals surface area contributed by atoms with Gasteiger partial charge in [0, 0.05) is 22.0 Å². The molecule has 0 bridgehead atoms. The van der Waals surface area contributed by atoms with Crippen LogP contribution in [-0.4, -0.2) is 16.1 Å². The van der Waals surface area contributed by atoms with Crippen molar-refractivity contribution >= 4 is 16.9 Å². The van der Waals surface area contributed by atoms with Gasteiger partial charge < -0.3 is 10.1 Å². The molecule has 5 aliphatic rings. The van der Waals surface area contributed by atoms with Gasteiger partial charge in [-0.2, -0.15) is 0 Å². The number of allylic oxidation sites excluding steroid dienone is 2. The number of rotatable bonds is 1. The summed E-state index contributed by atoms with van der Waals surface area (Å²) in [6.45, 7) is 17.6. The Balaban J connectivity index is 1.36. The zero-order chi connectivity index (χ0) is 27.8. The highest BCUT2D eigenvalue weighted by atomic mass is 16.4. The van der Waals surface area contributed by atoms with Crippen molar-refractivity contribution in [1.82, 2.24) is 4.98 Å². The predicted octanol–water partition coefficient (Wildman–Crippen LogP) is 9.07. The molecule has 210 valence electrons. The molecule has 0 aliphatic heterocycles. The maximum Gasteiger partial charge on any atom is 0.310 e. The van der Waals surface area contributed by atoms with Crippen LogP contribution < -0.4 is 0 Å². The molecular weight excluding hydrogens is 478 g/mol. The minimum Gasteiger partial charge on any atom is -0.481 e. The zero-order valence-corrected chi connectivity index (χ0v) is 25.3. The van der Waals surface area contributed by atoms with E-state index in [1.54, 1.807) is 5.56 Å². The van der Waals surface area contributed by atoms with E-state index in [1.807, 2.05) is 0 Å². The third-order valence-corrected chi connectivity index (χ3v) is 14.2. The first-order valence-corrected chi connectivity index (χ1v) is 15.7. The number of nitrogens with one attached hydrogen (secondary N) is 1. The number of H-pyrrole nitrogens is 1. The van der Waals surface area contributed by atoms with Crippen molar-refractivity contribution in [3.8, 4) is 0 Å². The van der Waals surface area contributed by atoms with E-state index < -0.39 is 11.4 Å². The minimum atomic E-state index is -0.559. The highest BCUT2D eigenvalue weighted by molar-refractivity contribution is 5.85. The molecule has 1 aromatic carbocycles. The third-order valence-electron chi connectivity index (χ3n) is 14.2. The van der Waals surface area contributed by atoms with Crippen molar-refractivity contribution in [3.05, 3.63) is 47.2 Å². The van der Waals surface area contributed by atoms with Gasteiger partial charge in [-0.1, -0.05) is 78.3 Å². The quantitative estimate of drug-likeness (QED) is 0.363. The smallest absolute Gasteiger partial charge is 0.310 e. The number of para-hydroxylation sites is 1. The Kier molecular flexibility index (Phi) is 5.06. The van der Waals surface area contributed by atoms with Gasteiger partial charge in [0.2, 0.25) is 0 Å². The fraction of sp³-hybridized carbons (Fsp3) is 0.694. The highest BCUT2D eigenvalue weighted by Crippen LogP contribution is 2.75. The Morgan fingerprint density at radius 1 is 0.923 bits per heavy atom. The van der Waals surface area contributed by atoms with Gasteiger partial charge in [0.05, 0.1) is 5.41 Å². The molecule has 3 saturated carbocycles. The molecule has 1 heterocycles. The van der Waals surface area contributed by atoms with Gasteiger partial charge in [-0.25, -0.2) is 0 Å². The Morgan fingerprint density at radius 2 is 1.64 bits per heavy atom. The zero-order valence-electron chi connectivity index (χ0n) is 25.3. The summed E-state index contributed by atoms with van der Waals surface area (Å²) in [6.07, 6.45) is 12.1. The number of carboxylic acid groups (broad SMARTS) is 1. The van der Waals surface area contributed by atoms with Crippen LogP contribution in [0, 0.1) is 44.8 Å². The Labute approximate surface area is 235 Å². The average Bonchev–Trinajstić information content (AvgIpc) is 3.23. The van der Waals surface area contributed by atoms with E-state index in [-0.39, 0.29) is 33.0 Å². The summed E-state index contributed by atoms with van der Waals surface area (Å²) in [5, 5.41) is 12.1. The molecule has 1 aromatic heterocycles. The van der Waals surface area contributed by atoms with Crippen LogP contribution in [0.1, 0.15) is 111 Å². The minimum absolute atomic E-state index is 0.0750. The molecule has 5 aliphatic carbocycles. The van der Waals surface area contributed by atoms with Gasteiger partial charge in [-0.15, -0.1) is 0 Å². The van der Waals surface area contributed by atoms with Crippen molar-refractivity contribution in [2.45, 2.75) is 112 Å². The normalized spacial score (nSPS) is 43.8. The van der Waals surface area contributed by atoms with Gasteiger partial charge in [0.1, 0.15) is 0 Å². The fourth-order valence-electron chi connectivity index (χ4n) is 11.9. The summed E-state index contributed by atoms with van der Waals surface area (Å²) in [6, 6.07) is 8.93. The molecule has 3 heteroatoms. The summed E-state index contributed by atoms with van der Waals surface area (Å²) in [5.41, 5.74) is 6.09. The van der Waals surface area contributed by atoms with Crippen LogP contribution in [-0.2, 0) is 16.6 Å². The number of hydrogen-bond acceptors (Lipinski definition) is 1. The number of fused-ring (bicyclic) bond motifs is 10. The van der Waals surface area contributed by atoms with Crippen LogP contribution in [0.25, 0.3) is 10.9 Å². The van der Waals surface area contributed by atoms with Crippen molar-refractivity contribution in [2.75, 3.05) is 0 Å². The lowest BCUT2D eigenvalue weighted by atomic mass is 9.33. The van der Waals surface area contributed by atoms with Crippen LogP contribution in [0.5, 0.6) is 0 Å². The van der Waals surface area contributed by atoms with Crippen LogP contribution in [0.15, 0.2) is 35.9 Å². The van der Waals surface area contributed by atoms with Crippen molar-refractivity contribution < 1.29 is 9.90 Å². The van der Waals surface area contributed by atoms with Crippen molar-refractivity contribution in [1.29, 1.82) is 0 Å². The molecule has 0 radical (unpaired) electrons. The van der Waals surface area contributed by atoms with E-state index in [4.69, 9.17) is 0 Å². The lowest BCUT2D eigenvalue weighted by Gasteiger charge is -2.70. The monoisotopic (exact) mass is 527 g/mol. The molecule has 3 fully saturated rings. The van der Waals surface area contributed by atoms with E-state index in [0.717, 1.165) is 44.9 Å². The number of aliphatic carboxylic acids is 1. The number of carboxylic acids is 1. The second-order valence-electron chi connectivity index (χ2n) is 16.6. The summed E-state index contributed by atoms with van der Waals surface area (Å²) in [7, 11) is 0. The Hall–Kier alpha value is -2.03. The largest absolute Gasteiger partial charge is 0.481 e. The second-order valence-corrected chi connectivity index (χ2v) is 16.6. The van der Waals surface area contributed by atoms with Gasteiger partial charge in [-0.3, -0.25) is 4.79 Å². The van der Waals surface area contributed by atoms with Gasteiger partial charge in [0.15, 0.2) is 0 Å². The van der Waals surface area contributed by atoms with Crippen LogP contribution in [0.2, 0.25) is 0 Å². The SMILES string of the molecule is CC1(C)CC[C@]2(C(=O)O)CC[C@]3(C)C(=CCC4[C@@]5(C)Cc6c([nH]c7ccccc67)C(C)(C)C5CC[C@]43C)C2C1. The first kappa shape index (κ1) is 25.9. The van der Waals surface area contributed by atoms with Gasteiger partial charge in [-0.05, 0) is 109 Å². The molecule has 0 spiro atoms. The molecule has 2 N–H and O–H groups in total. The summed E-state index contributed by atoms with van der Waals surface area (Å²) < 4.78 is 0. The van der Waals surface area contributed by atoms with E-state index in [0.29, 0.717) is 11.8 Å². The lowest BCUT2D eigenvalue weighted by Crippen LogP contribution is -2.64. The maximum absolute atomic E-state index is 12.9. The Morgan fingerprint density at radius 3 is 2.38 bits per heavy atom. The van der Waals surface area contributed by atoms with E-state index >= 15 is 0 Å². The molecule has 7 rings (SSSR count). The molecule has 0 amide bonds. The first-order chi connectivity index (χ1) is 18.2. The lowest BCUT2D eigenvalue weighted by molar-refractivity contribution is -0.177. The number of aromatic nitrogens is 1. The standard InChI is InChI=1S/C36H49NO2/c1-31(2)16-18-36(30(38)39)19-17-34(6)24(25(36)21-31)12-13-28-33(5)20-23-22-10-8-9-11-26(22)37-29(23)32(3,4)27(33)14-15-35(28,34)7/h8-12,25,27-28,37H,13-21H2,1-7H3,(H,38,39)/t25?,27?,28?,33-,34+,35+,36-/m0/s1. The summed E-state index contributed by atoms with van der Waals surface area (Å²) >= 11 is 0. The van der Waals surface area contributed by atoms with Crippen molar-refractivity contribution in [3.63, 3.8) is 0 Å². The van der Waals surface area contributed by atoms with Crippen LogP contribution >= 0.6 is 0 Å². The number of aromatic amines is 1. The topological polar surface area (TPSA) is 53.1 Å². The van der Waals surface area contributed by atoms with Crippen LogP contribution in [0.3, 0.4) is 0 Å². The summed E-state index contributed by atoms with van der Waals surface area (Å²) in [5.74, 6) is 0.892. The van der Waals surface area contributed by atoms with Gasteiger partial charge >= 0.3 is 5.97 Å². The van der Waals surface area contributed by atoms with E-state index in [1.165, 1.54) is 35.0 Å². The first-order valence-electron chi connectivity index (χ1n) is 15.7. The molecule has 3 nitrogen and oxygen atoms in total. The fourth-order valence-corrected chi connectivity index (χ4v) is 11.9. The van der Waals surface area contributed by atoms with Gasteiger partial charge in [0.25, 0.3) is 0 Å².